The number of hydrogen-bond donors (Lipinski definition) is 3. The average molecular weight is 286 g/mol. The van der Waals surface area contributed by atoms with Gasteiger partial charge in [0.2, 0.25) is 0 Å². The number of benzene rings is 1. The van der Waals surface area contributed by atoms with Crippen LogP contribution in [-0.2, 0) is 0 Å². The number of hydrogen-bond acceptors (Lipinski definition) is 5. The van der Waals surface area contributed by atoms with Crippen molar-refractivity contribution >= 4 is 29.4 Å². The number of aliphatic hydroxyl groups is 1. The van der Waals surface area contributed by atoms with Gasteiger partial charge in [0.05, 0.1) is 6.10 Å². The number of nitrogens with two attached hydrogens (primary N) is 1. The Bertz CT molecular complexity index is 436. The molecule has 1 rings (SSSR count). The van der Waals surface area contributed by atoms with Crippen molar-refractivity contribution in [2.24, 2.45) is 10.9 Å². The topological polar surface area (TPSA) is 78.8 Å². The summed E-state index contributed by atoms with van der Waals surface area (Å²) in [7, 11) is 0. The molecule has 0 saturated carbocycles. The third-order valence-corrected chi connectivity index (χ3v) is 4.70. The molecule has 0 aromatic heterocycles. The zero-order chi connectivity index (χ0) is 13.7. The third kappa shape index (κ3) is 3.57. The summed E-state index contributed by atoms with van der Waals surface area (Å²) in [4.78, 5) is 1.86. The lowest BCUT2D eigenvalue weighted by Crippen LogP contribution is -2.18. The van der Waals surface area contributed by atoms with Crippen LogP contribution in [-0.4, -0.2) is 33.8 Å². The Morgan fingerprint density at radius 2 is 1.94 bits per heavy atom. The summed E-state index contributed by atoms with van der Waals surface area (Å²) < 4.78 is 0. The van der Waals surface area contributed by atoms with Crippen molar-refractivity contribution in [2.75, 3.05) is 6.26 Å². The van der Waals surface area contributed by atoms with Crippen molar-refractivity contribution in [3.05, 3.63) is 23.8 Å². The van der Waals surface area contributed by atoms with E-state index in [2.05, 4.69) is 5.16 Å². The van der Waals surface area contributed by atoms with Crippen molar-refractivity contribution < 1.29 is 10.3 Å². The van der Waals surface area contributed by atoms with Gasteiger partial charge >= 0.3 is 0 Å². The highest BCUT2D eigenvalue weighted by molar-refractivity contribution is 8.00. The molecule has 0 aliphatic carbocycles. The Balaban J connectivity index is 3.18. The molecule has 6 heteroatoms. The van der Waals surface area contributed by atoms with Crippen LogP contribution in [0.1, 0.15) is 19.4 Å². The molecule has 0 spiro atoms. The molecule has 4 N–H and O–H groups in total. The van der Waals surface area contributed by atoms with E-state index in [4.69, 9.17) is 10.9 Å². The van der Waals surface area contributed by atoms with E-state index in [1.54, 1.807) is 18.7 Å². The first-order valence-electron chi connectivity index (χ1n) is 5.50. The summed E-state index contributed by atoms with van der Waals surface area (Å²) in [6.07, 6.45) is 1.52. The standard InChI is InChI=1S/C12H18N2O2S2/c1-7(15)8(2)18-10-6-4-5-9(17-3)11(10)12(13)14-16/h4-8,15-16H,1-3H3,(H2,13,14). The van der Waals surface area contributed by atoms with Gasteiger partial charge < -0.3 is 16.0 Å². The maximum absolute atomic E-state index is 9.56. The maximum Gasteiger partial charge on any atom is 0.172 e. The van der Waals surface area contributed by atoms with Gasteiger partial charge in [-0.1, -0.05) is 18.1 Å². The Kier molecular flexibility index (Phi) is 5.84. The largest absolute Gasteiger partial charge is 0.409 e. The van der Waals surface area contributed by atoms with E-state index in [-0.39, 0.29) is 11.1 Å². The van der Waals surface area contributed by atoms with Gasteiger partial charge in [0.1, 0.15) is 0 Å². The minimum absolute atomic E-state index is 0.0346. The Morgan fingerprint density at radius 3 is 2.44 bits per heavy atom. The van der Waals surface area contributed by atoms with E-state index in [1.807, 2.05) is 31.4 Å². The first-order valence-corrected chi connectivity index (χ1v) is 7.61. The monoisotopic (exact) mass is 286 g/mol. The fourth-order valence-corrected chi connectivity index (χ4v) is 3.17. The van der Waals surface area contributed by atoms with Crippen molar-refractivity contribution in [3.8, 4) is 0 Å². The van der Waals surface area contributed by atoms with E-state index < -0.39 is 6.10 Å². The minimum Gasteiger partial charge on any atom is -0.409 e. The molecule has 0 bridgehead atoms. The van der Waals surface area contributed by atoms with Crippen molar-refractivity contribution in [2.45, 2.75) is 35.0 Å². The van der Waals surface area contributed by atoms with Gasteiger partial charge in [-0.15, -0.1) is 23.5 Å². The lowest BCUT2D eigenvalue weighted by molar-refractivity contribution is 0.196. The number of oxime groups is 1. The number of amidine groups is 1. The summed E-state index contributed by atoms with van der Waals surface area (Å²) in [5.74, 6) is 0.0974. The Morgan fingerprint density at radius 1 is 1.33 bits per heavy atom. The fraction of sp³-hybridized carbons (Fsp3) is 0.417. The quantitative estimate of drug-likeness (QED) is 0.255. The second kappa shape index (κ2) is 6.92. The zero-order valence-corrected chi connectivity index (χ0v) is 12.3. The third-order valence-electron chi connectivity index (χ3n) is 2.56. The SMILES string of the molecule is CSc1cccc(SC(C)C(C)O)c1/C(N)=N/O. The average Bonchev–Trinajstić information content (AvgIpc) is 2.37. The molecule has 1 aromatic carbocycles. The van der Waals surface area contributed by atoms with E-state index in [0.717, 1.165) is 15.4 Å². The van der Waals surface area contributed by atoms with Crippen LogP contribution < -0.4 is 5.73 Å². The number of thioether (sulfide) groups is 2. The predicted octanol–water partition coefficient (Wildman–Crippen LogP) is 2.36. The first-order chi connectivity index (χ1) is 8.51. The van der Waals surface area contributed by atoms with Gasteiger partial charge in [-0.2, -0.15) is 0 Å². The van der Waals surface area contributed by atoms with Crippen LogP contribution in [0.2, 0.25) is 0 Å². The highest BCUT2D eigenvalue weighted by Crippen LogP contribution is 2.33. The van der Waals surface area contributed by atoms with Crippen molar-refractivity contribution in [1.82, 2.24) is 0 Å². The molecule has 4 nitrogen and oxygen atoms in total. The summed E-state index contributed by atoms with van der Waals surface area (Å²) in [5.41, 5.74) is 6.46. The predicted molar refractivity (Wildman–Crippen MR) is 77.7 cm³/mol. The molecule has 0 fully saturated rings. The van der Waals surface area contributed by atoms with Crippen LogP contribution in [0.4, 0.5) is 0 Å². The lowest BCUT2D eigenvalue weighted by atomic mass is 10.2. The molecule has 0 heterocycles. The number of nitrogens with zero attached hydrogens (tertiary/aromatic N) is 1. The van der Waals surface area contributed by atoms with Crippen molar-refractivity contribution in [3.63, 3.8) is 0 Å². The second-order valence-corrected chi connectivity index (χ2v) is 6.15. The van der Waals surface area contributed by atoms with Gasteiger partial charge in [-0.25, -0.2) is 0 Å². The Labute approximate surface area is 116 Å². The van der Waals surface area contributed by atoms with Gasteiger partial charge in [0.25, 0.3) is 0 Å². The van der Waals surface area contributed by atoms with E-state index in [9.17, 15) is 5.11 Å². The fourth-order valence-electron chi connectivity index (χ4n) is 1.38. The molecule has 0 aliphatic rings. The van der Waals surface area contributed by atoms with Crippen LogP contribution in [0.3, 0.4) is 0 Å². The van der Waals surface area contributed by atoms with Crippen LogP contribution in [0, 0.1) is 0 Å². The van der Waals surface area contributed by atoms with E-state index in [1.165, 1.54) is 11.8 Å². The molecule has 0 aliphatic heterocycles. The molecular weight excluding hydrogens is 268 g/mol. The van der Waals surface area contributed by atoms with Gasteiger partial charge in [-0.05, 0) is 25.3 Å². The molecule has 100 valence electrons. The van der Waals surface area contributed by atoms with Crippen LogP contribution in [0.5, 0.6) is 0 Å². The molecule has 0 amide bonds. The van der Waals surface area contributed by atoms with Crippen LogP contribution in [0.15, 0.2) is 33.1 Å². The molecule has 0 saturated heterocycles. The van der Waals surface area contributed by atoms with Crippen LogP contribution in [0.25, 0.3) is 0 Å². The molecular formula is C12H18N2O2S2. The molecule has 2 atom stereocenters. The highest BCUT2D eigenvalue weighted by atomic mass is 32.2. The smallest absolute Gasteiger partial charge is 0.172 e. The summed E-state index contributed by atoms with van der Waals surface area (Å²) in [6, 6.07) is 5.77. The minimum atomic E-state index is -0.423. The second-order valence-electron chi connectivity index (χ2n) is 3.88. The number of aliphatic hydroxyl groups excluding tert-OH is 1. The first kappa shape index (κ1) is 15.2. The van der Waals surface area contributed by atoms with Gasteiger partial charge in [0, 0.05) is 20.6 Å². The van der Waals surface area contributed by atoms with Crippen molar-refractivity contribution in [1.29, 1.82) is 0 Å². The zero-order valence-electron chi connectivity index (χ0n) is 10.6. The summed E-state index contributed by atoms with van der Waals surface area (Å²) in [5, 5.41) is 21.5. The van der Waals surface area contributed by atoms with Gasteiger partial charge in [-0.3, -0.25) is 0 Å². The number of rotatable bonds is 5. The summed E-state index contributed by atoms with van der Waals surface area (Å²) >= 11 is 3.06. The van der Waals surface area contributed by atoms with E-state index >= 15 is 0 Å². The molecule has 0 radical (unpaired) electrons. The Hall–Kier alpha value is -0.850. The normalized spacial score (nSPS) is 15.4. The molecule has 1 aromatic rings. The van der Waals surface area contributed by atoms with Crippen LogP contribution >= 0.6 is 23.5 Å². The van der Waals surface area contributed by atoms with Gasteiger partial charge in [0.15, 0.2) is 5.84 Å². The van der Waals surface area contributed by atoms with E-state index in [0.29, 0.717) is 0 Å². The molecule has 18 heavy (non-hydrogen) atoms. The molecule has 2 unspecified atom stereocenters. The highest BCUT2D eigenvalue weighted by Gasteiger charge is 2.17. The maximum atomic E-state index is 9.56. The lowest BCUT2D eigenvalue weighted by Gasteiger charge is -2.17. The summed E-state index contributed by atoms with van der Waals surface area (Å²) in [6.45, 7) is 3.69.